The molecule has 1 N–H and O–H groups in total. The third-order valence-electron chi connectivity index (χ3n) is 5.19. The summed E-state index contributed by atoms with van der Waals surface area (Å²) in [4.78, 5) is 14.3. The van der Waals surface area contributed by atoms with Gasteiger partial charge < -0.3 is 24.3 Å². The fourth-order valence-corrected chi connectivity index (χ4v) is 4.38. The first-order valence-corrected chi connectivity index (χ1v) is 11.2. The molecular formula is C20H26FN5O3S. The molecule has 1 atom stereocenters. The first-order chi connectivity index (χ1) is 14.7. The molecule has 1 aromatic carbocycles. The number of aromatic nitrogens is 3. The number of nitrogens with one attached hydrogen (secondary N) is 1. The summed E-state index contributed by atoms with van der Waals surface area (Å²) < 4.78 is 26.3. The third-order valence-corrected chi connectivity index (χ3v) is 6.14. The summed E-state index contributed by atoms with van der Waals surface area (Å²) in [5.74, 6) is 0.887. The Balaban J connectivity index is 1.42. The molecule has 0 saturated carbocycles. The predicted octanol–water partition coefficient (Wildman–Crippen LogP) is 2.16. The van der Waals surface area contributed by atoms with Gasteiger partial charge in [-0.3, -0.25) is 4.79 Å². The second-order valence-corrected chi connectivity index (χ2v) is 8.23. The van der Waals surface area contributed by atoms with Crippen LogP contribution in [0.5, 0.6) is 0 Å². The molecule has 162 valence electrons. The highest BCUT2D eigenvalue weighted by Crippen LogP contribution is 2.22. The summed E-state index contributed by atoms with van der Waals surface area (Å²) in [5, 5.41) is 12.6. The molecule has 0 bridgehead atoms. The number of hydrogen-bond acceptors (Lipinski definition) is 7. The summed E-state index contributed by atoms with van der Waals surface area (Å²) in [6.07, 6.45) is 2.17. The van der Waals surface area contributed by atoms with Crippen molar-refractivity contribution in [2.45, 2.75) is 37.2 Å². The molecule has 2 aliphatic rings. The van der Waals surface area contributed by atoms with E-state index < -0.39 is 0 Å². The van der Waals surface area contributed by atoms with Gasteiger partial charge in [0, 0.05) is 25.4 Å². The number of ether oxygens (including phenoxy) is 2. The van der Waals surface area contributed by atoms with E-state index in [0.717, 1.165) is 31.0 Å². The minimum Gasteiger partial charge on any atom is -0.378 e. The number of anilines is 1. The number of carbonyl (C=O) groups is 1. The van der Waals surface area contributed by atoms with Gasteiger partial charge in [-0.15, -0.1) is 10.2 Å². The summed E-state index contributed by atoms with van der Waals surface area (Å²) in [7, 11) is 0. The fraction of sp³-hybridized carbons (Fsp3) is 0.550. The van der Waals surface area contributed by atoms with Crippen LogP contribution in [0.25, 0.3) is 0 Å². The second kappa shape index (κ2) is 10.2. The Morgan fingerprint density at radius 3 is 2.73 bits per heavy atom. The van der Waals surface area contributed by atoms with E-state index in [0.29, 0.717) is 50.3 Å². The van der Waals surface area contributed by atoms with E-state index in [1.165, 1.54) is 23.9 Å². The summed E-state index contributed by atoms with van der Waals surface area (Å²) in [6.45, 7) is 4.32. The van der Waals surface area contributed by atoms with Gasteiger partial charge in [0.15, 0.2) is 11.0 Å². The summed E-state index contributed by atoms with van der Waals surface area (Å²) >= 11 is 1.40. The van der Waals surface area contributed by atoms with Gasteiger partial charge in [0.05, 0.1) is 38.2 Å². The van der Waals surface area contributed by atoms with Crippen molar-refractivity contribution >= 4 is 23.4 Å². The molecule has 0 aliphatic carbocycles. The van der Waals surface area contributed by atoms with Gasteiger partial charge in [0.1, 0.15) is 5.82 Å². The zero-order valence-electron chi connectivity index (χ0n) is 16.8. The molecule has 2 aliphatic heterocycles. The van der Waals surface area contributed by atoms with Gasteiger partial charge in [0.25, 0.3) is 0 Å². The quantitative estimate of drug-likeness (QED) is 0.637. The molecule has 2 fully saturated rings. The summed E-state index contributed by atoms with van der Waals surface area (Å²) in [5.41, 5.74) is 0.805. The van der Waals surface area contributed by atoms with Crippen molar-refractivity contribution in [1.29, 1.82) is 0 Å². The van der Waals surface area contributed by atoms with E-state index in [9.17, 15) is 9.18 Å². The molecule has 8 nitrogen and oxygen atoms in total. The van der Waals surface area contributed by atoms with Crippen molar-refractivity contribution in [3.63, 3.8) is 0 Å². The van der Waals surface area contributed by atoms with Crippen LogP contribution in [0.4, 0.5) is 10.1 Å². The minimum absolute atomic E-state index is 0.0842. The largest absolute Gasteiger partial charge is 0.378 e. The number of amides is 1. The monoisotopic (exact) mass is 435 g/mol. The van der Waals surface area contributed by atoms with Crippen LogP contribution in [-0.4, -0.2) is 70.3 Å². The summed E-state index contributed by atoms with van der Waals surface area (Å²) in [6, 6.07) is 6.20. The number of hydrogen-bond donors (Lipinski definition) is 1. The maximum absolute atomic E-state index is 13.1. The number of benzene rings is 1. The lowest BCUT2D eigenvalue weighted by atomic mass is 10.2. The Kier molecular flexibility index (Phi) is 7.19. The Morgan fingerprint density at radius 2 is 2.00 bits per heavy atom. The zero-order chi connectivity index (χ0) is 20.8. The van der Waals surface area contributed by atoms with Crippen LogP contribution in [0, 0.1) is 5.82 Å². The Labute approximate surface area is 179 Å². The van der Waals surface area contributed by atoms with Gasteiger partial charge in [-0.25, -0.2) is 4.39 Å². The molecule has 1 aromatic heterocycles. The third kappa shape index (κ3) is 5.50. The number of carbonyl (C=O) groups excluding carboxylic acids is 1. The lowest BCUT2D eigenvalue weighted by Crippen LogP contribution is -2.41. The van der Waals surface area contributed by atoms with Gasteiger partial charge >= 0.3 is 0 Å². The average Bonchev–Trinajstić information content (AvgIpc) is 3.43. The molecule has 2 aromatic rings. The number of rotatable bonds is 8. The molecule has 2 saturated heterocycles. The number of halogens is 1. The first-order valence-electron chi connectivity index (χ1n) is 10.2. The number of thioether (sulfide) groups is 1. The van der Waals surface area contributed by atoms with Gasteiger partial charge in [-0.2, -0.15) is 0 Å². The van der Waals surface area contributed by atoms with Crippen LogP contribution < -0.4 is 5.32 Å². The molecular weight excluding hydrogens is 409 g/mol. The van der Waals surface area contributed by atoms with Gasteiger partial charge in [-0.05, 0) is 37.1 Å². The van der Waals surface area contributed by atoms with E-state index in [1.54, 1.807) is 12.1 Å². The second-order valence-electron chi connectivity index (χ2n) is 7.29. The SMILES string of the molecule is O=C(CSc1nnc(CNc2ccc(F)cc2)n1C[C@@H]1CCCO1)N1CCOCC1. The Hall–Kier alpha value is -2.17. The zero-order valence-corrected chi connectivity index (χ0v) is 17.6. The van der Waals surface area contributed by atoms with Gasteiger partial charge in [-0.1, -0.05) is 11.8 Å². The van der Waals surface area contributed by atoms with E-state index in [2.05, 4.69) is 15.5 Å². The van der Waals surface area contributed by atoms with Gasteiger partial charge in [0.2, 0.25) is 5.91 Å². The first kappa shape index (κ1) is 21.1. The van der Waals surface area contributed by atoms with Crippen LogP contribution in [0.1, 0.15) is 18.7 Å². The molecule has 1 amide bonds. The van der Waals surface area contributed by atoms with Crippen molar-refractivity contribution in [2.24, 2.45) is 0 Å². The minimum atomic E-state index is -0.272. The highest BCUT2D eigenvalue weighted by Gasteiger charge is 2.23. The smallest absolute Gasteiger partial charge is 0.233 e. The Morgan fingerprint density at radius 1 is 1.20 bits per heavy atom. The van der Waals surface area contributed by atoms with E-state index in [-0.39, 0.29) is 17.8 Å². The molecule has 10 heteroatoms. The maximum atomic E-state index is 13.1. The Bertz CT molecular complexity index is 835. The molecule has 0 spiro atoms. The van der Waals surface area contributed by atoms with Crippen molar-refractivity contribution < 1.29 is 18.7 Å². The molecule has 30 heavy (non-hydrogen) atoms. The molecule has 4 rings (SSSR count). The van der Waals surface area contributed by atoms with Crippen molar-refractivity contribution in [3.8, 4) is 0 Å². The lowest BCUT2D eigenvalue weighted by molar-refractivity contribution is -0.132. The van der Waals surface area contributed by atoms with Crippen LogP contribution in [0.3, 0.4) is 0 Å². The predicted molar refractivity (Wildman–Crippen MR) is 111 cm³/mol. The van der Waals surface area contributed by atoms with E-state index in [1.807, 2.05) is 9.47 Å². The maximum Gasteiger partial charge on any atom is 0.233 e. The fourth-order valence-electron chi connectivity index (χ4n) is 3.51. The normalized spacial score (nSPS) is 19.2. The lowest BCUT2D eigenvalue weighted by Gasteiger charge is -2.26. The highest BCUT2D eigenvalue weighted by molar-refractivity contribution is 7.99. The van der Waals surface area contributed by atoms with E-state index in [4.69, 9.17) is 9.47 Å². The standard InChI is InChI=1S/C20H26FN5O3S/c21-15-3-5-16(6-4-15)22-12-18-23-24-20(26(18)13-17-2-1-9-29-17)30-14-19(27)25-7-10-28-11-8-25/h3-6,17,22H,1-2,7-14H2/t17-/m0/s1. The van der Waals surface area contributed by atoms with E-state index >= 15 is 0 Å². The molecule has 0 unspecified atom stereocenters. The van der Waals surface area contributed by atoms with Crippen molar-refractivity contribution in [2.75, 3.05) is 44.0 Å². The van der Waals surface area contributed by atoms with Crippen molar-refractivity contribution in [1.82, 2.24) is 19.7 Å². The van der Waals surface area contributed by atoms with Crippen LogP contribution in [-0.2, 0) is 27.4 Å². The van der Waals surface area contributed by atoms with Crippen LogP contribution in [0.2, 0.25) is 0 Å². The topological polar surface area (TPSA) is 81.5 Å². The number of nitrogens with zero attached hydrogens (tertiary/aromatic N) is 4. The molecule has 0 radical (unpaired) electrons. The van der Waals surface area contributed by atoms with Crippen LogP contribution >= 0.6 is 11.8 Å². The number of morpholine rings is 1. The average molecular weight is 436 g/mol. The van der Waals surface area contributed by atoms with Crippen molar-refractivity contribution in [3.05, 3.63) is 35.9 Å². The van der Waals surface area contributed by atoms with Crippen LogP contribution in [0.15, 0.2) is 29.4 Å². The molecule has 3 heterocycles. The highest BCUT2D eigenvalue weighted by atomic mass is 32.2.